The number of fused-ring (bicyclic) bond motifs is 1. The van der Waals surface area contributed by atoms with Crippen LogP contribution in [0.1, 0.15) is 45.1 Å². The molecule has 1 aromatic heterocycles. The fourth-order valence-corrected chi connectivity index (χ4v) is 4.24. The van der Waals surface area contributed by atoms with Crippen LogP contribution in [0.5, 0.6) is 0 Å². The number of ether oxygens (including phenoxy) is 1. The minimum atomic E-state index is -0.977. The van der Waals surface area contributed by atoms with Crippen molar-refractivity contribution in [1.82, 2.24) is 5.43 Å². The van der Waals surface area contributed by atoms with Gasteiger partial charge in [0.15, 0.2) is 5.54 Å². The standard InChI is InChI=1S/C22H30N2O3/c1-16-7-8-17(2)22(20(25)26-4)19(14-23-24-22)6-5-11-21(16,3)12-9-18-10-13-27-15-18/h5-6,10,13-16,19,24H,2,7-9,11-12H2,1,3-4H3. The molecule has 1 N–H and O–H groups in total. The average molecular weight is 370 g/mol. The summed E-state index contributed by atoms with van der Waals surface area (Å²) in [6.45, 7) is 8.92. The van der Waals surface area contributed by atoms with Gasteiger partial charge >= 0.3 is 5.97 Å². The van der Waals surface area contributed by atoms with E-state index in [9.17, 15) is 4.79 Å². The van der Waals surface area contributed by atoms with Gasteiger partial charge in [0, 0.05) is 6.21 Å². The van der Waals surface area contributed by atoms with Crippen LogP contribution >= 0.6 is 0 Å². The zero-order valence-corrected chi connectivity index (χ0v) is 16.5. The third kappa shape index (κ3) is 3.60. The monoisotopic (exact) mass is 370 g/mol. The molecule has 0 saturated heterocycles. The highest BCUT2D eigenvalue weighted by Gasteiger charge is 2.50. The van der Waals surface area contributed by atoms with Crippen molar-refractivity contribution in [3.05, 3.63) is 48.5 Å². The second-order valence-corrected chi connectivity index (χ2v) is 8.18. The fraction of sp³-hybridized carbons (Fsp3) is 0.545. The molecule has 4 atom stereocenters. The minimum Gasteiger partial charge on any atom is -0.472 e. The van der Waals surface area contributed by atoms with Gasteiger partial charge in [-0.25, -0.2) is 4.79 Å². The Hall–Kier alpha value is -2.30. The summed E-state index contributed by atoms with van der Waals surface area (Å²) in [4.78, 5) is 12.6. The maximum atomic E-state index is 12.6. The lowest BCUT2D eigenvalue weighted by Gasteiger charge is -2.39. The summed E-state index contributed by atoms with van der Waals surface area (Å²) in [5.74, 6) is -0.0149. The molecular weight excluding hydrogens is 340 g/mol. The van der Waals surface area contributed by atoms with E-state index in [2.05, 4.69) is 43.1 Å². The van der Waals surface area contributed by atoms with Gasteiger partial charge in [0.1, 0.15) is 0 Å². The van der Waals surface area contributed by atoms with Gasteiger partial charge in [0.25, 0.3) is 0 Å². The topological polar surface area (TPSA) is 63.8 Å². The van der Waals surface area contributed by atoms with E-state index in [0.29, 0.717) is 5.92 Å². The summed E-state index contributed by atoms with van der Waals surface area (Å²) in [6, 6.07) is 2.04. The predicted molar refractivity (Wildman–Crippen MR) is 106 cm³/mol. The maximum absolute atomic E-state index is 12.6. The summed E-state index contributed by atoms with van der Waals surface area (Å²) in [5.41, 5.74) is 4.28. The lowest BCUT2D eigenvalue weighted by molar-refractivity contribution is -0.147. The Bertz CT molecular complexity index is 737. The van der Waals surface area contributed by atoms with Crippen LogP contribution in [-0.2, 0) is 16.0 Å². The van der Waals surface area contributed by atoms with E-state index >= 15 is 0 Å². The van der Waals surface area contributed by atoms with Crippen LogP contribution < -0.4 is 5.43 Å². The molecule has 0 bridgehead atoms. The van der Waals surface area contributed by atoms with Crippen LogP contribution in [0, 0.1) is 17.3 Å². The number of hydrogen-bond donors (Lipinski definition) is 1. The lowest BCUT2D eigenvalue weighted by Crippen LogP contribution is -2.54. The molecule has 5 nitrogen and oxygen atoms in total. The molecule has 3 rings (SSSR count). The molecule has 1 aliphatic carbocycles. The SMILES string of the molecule is C=C1CCC(C)C(C)(CCc2ccoc2)CC=CC2C=NNC12C(=O)OC. The van der Waals surface area contributed by atoms with Gasteiger partial charge < -0.3 is 9.15 Å². The number of furan rings is 1. The number of nitrogens with zero attached hydrogens (tertiary/aromatic N) is 1. The largest absolute Gasteiger partial charge is 0.472 e. The van der Waals surface area contributed by atoms with E-state index in [1.807, 2.05) is 12.3 Å². The first-order chi connectivity index (χ1) is 12.9. The van der Waals surface area contributed by atoms with E-state index < -0.39 is 5.54 Å². The molecule has 0 fully saturated rings. The Morgan fingerprint density at radius 2 is 2.33 bits per heavy atom. The average Bonchev–Trinajstić information content (AvgIpc) is 3.33. The zero-order valence-electron chi connectivity index (χ0n) is 16.5. The molecule has 5 heteroatoms. The molecule has 4 unspecified atom stereocenters. The van der Waals surface area contributed by atoms with Crippen LogP contribution in [0.3, 0.4) is 0 Å². The second-order valence-electron chi connectivity index (χ2n) is 8.18. The number of nitrogens with one attached hydrogen (secondary N) is 1. The Balaban J connectivity index is 1.83. The molecule has 0 spiro atoms. The number of allylic oxidation sites excluding steroid dienone is 1. The van der Waals surface area contributed by atoms with Crippen LogP contribution in [-0.4, -0.2) is 24.8 Å². The summed E-state index contributed by atoms with van der Waals surface area (Å²) in [7, 11) is 1.42. The fourth-order valence-electron chi connectivity index (χ4n) is 4.24. The van der Waals surface area contributed by atoms with Crippen LogP contribution in [0.25, 0.3) is 0 Å². The molecule has 0 saturated carbocycles. The highest BCUT2D eigenvalue weighted by Crippen LogP contribution is 2.43. The molecular formula is C22H30N2O3. The van der Waals surface area contributed by atoms with Gasteiger partial charge in [-0.15, -0.1) is 0 Å². The Kier molecular flexibility index (Phi) is 5.59. The van der Waals surface area contributed by atoms with Gasteiger partial charge in [-0.1, -0.05) is 32.6 Å². The number of methoxy groups -OCH3 is 1. The summed E-state index contributed by atoms with van der Waals surface area (Å²) in [5, 5.41) is 4.19. The highest BCUT2D eigenvalue weighted by atomic mass is 16.5. The van der Waals surface area contributed by atoms with Crippen LogP contribution in [0.15, 0.2) is 52.4 Å². The summed E-state index contributed by atoms with van der Waals surface area (Å²) >= 11 is 0. The Morgan fingerprint density at radius 1 is 1.52 bits per heavy atom. The number of esters is 1. The number of rotatable bonds is 4. The van der Waals surface area contributed by atoms with Crippen LogP contribution in [0.2, 0.25) is 0 Å². The van der Waals surface area contributed by atoms with E-state index in [4.69, 9.17) is 9.15 Å². The first-order valence-corrected chi connectivity index (χ1v) is 9.67. The number of carbonyl (C=O) groups excluding carboxylic acids is 1. The van der Waals surface area contributed by atoms with E-state index in [1.54, 1.807) is 12.5 Å². The van der Waals surface area contributed by atoms with Crippen molar-refractivity contribution in [2.75, 3.05) is 7.11 Å². The van der Waals surface area contributed by atoms with Gasteiger partial charge in [0.05, 0.1) is 25.6 Å². The third-order valence-corrected chi connectivity index (χ3v) is 6.60. The van der Waals surface area contributed by atoms with Crippen molar-refractivity contribution in [1.29, 1.82) is 0 Å². The van der Waals surface area contributed by atoms with Crippen molar-refractivity contribution in [2.24, 2.45) is 22.4 Å². The number of carbonyl (C=O) groups is 1. The second kappa shape index (κ2) is 7.75. The molecule has 146 valence electrons. The van der Waals surface area contributed by atoms with Gasteiger partial charge in [0.2, 0.25) is 0 Å². The van der Waals surface area contributed by atoms with Crippen LogP contribution in [0.4, 0.5) is 0 Å². The molecule has 0 radical (unpaired) electrons. The normalized spacial score (nSPS) is 33.4. The molecule has 1 aliphatic heterocycles. The van der Waals surface area contributed by atoms with E-state index in [0.717, 1.165) is 37.7 Å². The molecule has 2 aliphatic rings. The quantitative estimate of drug-likeness (QED) is 0.635. The molecule has 27 heavy (non-hydrogen) atoms. The third-order valence-electron chi connectivity index (χ3n) is 6.60. The molecule has 1 aromatic rings. The van der Waals surface area contributed by atoms with Gasteiger partial charge in [-0.05, 0) is 60.6 Å². The zero-order chi connectivity index (χ0) is 19.5. The van der Waals surface area contributed by atoms with E-state index in [1.165, 1.54) is 12.7 Å². The maximum Gasteiger partial charge on any atom is 0.338 e. The van der Waals surface area contributed by atoms with Crippen molar-refractivity contribution in [3.8, 4) is 0 Å². The lowest BCUT2D eigenvalue weighted by atomic mass is 9.67. The van der Waals surface area contributed by atoms with Crippen molar-refractivity contribution in [2.45, 2.75) is 51.5 Å². The Morgan fingerprint density at radius 3 is 3.04 bits per heavy atom. The first kappa shape index (κ1) is 19.5. The molecule has 0 aromatic carbocycles. The minimum absolute atomic E-state index is 0.169. The highest BCUT2D eigenvalue weighted by molar-refractivity contribution is 5.92. The number of hydrazone groups is 1. The molecule has 0 amide bonds. The van der Waals surface area contributed by atoms with Crippen molar-refractivity contribution in [3.63, 3.8) is 0 Å². The van der Waals surface area contributed by atoms with Gasteiger partial charge in [-0.2, -0.15) is 5.10 Å². The van der Waals surface area contributed by atoms with Crippen molar-refractivity contribution < 1.29 is 13.9 Å². The smallest absolute Gasteiger partial charge is 0.338 e. The predicted octanol–water partition coefficient (Wildman–Crippen LogP) is 4.27. The molecule has 2 heterocycles. The van der Waals surface area contributed by atoms with E-state index in [-0.39, 0.29) is 17.3 Å². The van der Waals surface area contributed by atoms with Gasteiger partial charge in [-0.3, -0.25) is 5.43 Å². The summed E-state index contributed by atoms with van der Waals surface area (Å²) in [6.07, 6.45) is 14.4. The van der Waals surface area contributed by atoms with Crippen molar-refractivity contribution >= 4 is 12.2 Å². The number of aryl methyl sites for hydroxylation is 1. The Labute approximate surface area is 161 Å². The number of hydrogen-bond acceptors (Lipinski definition) is 5. The summed E-state index contributed by atoms with van der Waals surface area (Å²) < 4.78 is 10.3. The first-order valence-electron chi connectivity index (χ1n) is 9.67.